The zero-order chi connectivity index (χ0) is 22.4. The van der Waals surface area contributed by atoms with E-state index in [0.29, 0.717) is 10.8 Å². The third-order valence-corrected chi connectivity index (χ3v) is 5.19. The van der Waals surface area contributed by atoms with Crippen LogP contribution in [0.15, 0.2) is 53.9 Å². The van der Waals surface area contributed by atoms with Crippen LogP contribution < -0.4 is 16.4 Å². The second-order valence-corrected chi connectivity index (χ2v) is 7.55. The number of nitrogens with zero attached hydrogens (tertiary/aromatic N) is 1. The van der Waals surface area contributed by atoms with Gasteiger partial charge in [-0.3, -0.25) is 10.1 Å². The first-order valence-electron chi connectivity index (χ1n) is 9.59. The van der Waals surface area contributed by atoms with Crippen LogP contribution in [0.5, 0.6) is 0 Å². The zero-order valence-corrected chi connectivity index (χ0v) is 17.9. The first kappa shape index (κ1) is 22.0. The van der Waals surface area contributed by atoms with E-state index in [1.165, 1.54) is 48.1 Å². The topological polar surface area (TPSA) is 123 Å². The van der Waals surface area contributed by atoms with Crippen molar-refractivity contribution in [2.45, 2.75) is 26.4 Å². The molecule has 1 atom stereocenters. The van der Waals surface area contributed by atoms with Crippen LogP contribution in [-0.4, -0.2) is 29.0 Å². The molecule has 0 saturated heterocycles. The number of nitrogens with two attached hydrogens (primary N) is 1. The van der Waals surface area contributed by atoms with Gasteiger partial charge in [0.25, 0.3) is 5.91 Å². The second-order valence-electron chi connectivity index (χ2n) is 6.69. The van der Waals surface area contributed by atoms with Crippen molar-refractivity contribution < 1.29 is 19.1 Å². The quantitative estimate of drug-likeness (QED) is 0.480. The minimum atomic E-state index is -1.02. The van der Waals surface area contributed by atoms with Gasteiger partial charge in [-0.25, -0.2) is 14.6 Å². The lowest BCUT2D eigenvalue weighted by molar-refractivity contribution is -0.123. The van der Waals surface area contributed by atoms with Gasteiger partial charge in [-0.05, 0) is 43.2 Å². The summed E-state index contributed by atoms with van der Waals surface area (Å²) >= 11 is 1.29. The summed E-state index contributed by atoms with van der Waals surface area (Å²) in [5, 5.41) is 7.34. The van der Waals surface area contributed by atoms with Gasteiger partial charge in [-0.1, -0.05) is 31.2 Å². The fourth-order valence-corrected chi connectivity index (χ4v) is 3.42. The van der Waals surface area contributed by atoms with E-state index in [1.807, 2.05) is 29.6 Å². The number of hydrogen-bond acceptors (Lipinski definition) is 6. The van der Waals surface area contributed by atoms with Crippen LogP contribution in [0.1, 0.15) is 29.8 Å². The number of carbonyl (C=O) groups is 3. The summed E-state index contributed by atoms with van der Waals surface area (Å²) in [6.45, 7) is 3.57. The van der Waals surface area contributed by atoms with Crippen molar-refractivity contribution in [3.8, 4) is 11.3 Å². The molecule has 0 unspecified atom stereocenters. The molecule has 3 amide bonds. The normalized spacial score (nSPS) is 11.4. The minimum absolute atomic E-state index is 0.238. The molecule has 0 saturated carbocycles. The molecule has 0 aliphatic heterocycles. The summed E-state index contributed by atoms with van der Waals surface area (Å²) in [7, 11) is 0. The fourth-order valence-electron chi connectivity index (χ4n) is 2.70. The standard InChI is InChI=1S/C22H22N4O4S/c1-3-14-4-6-15(7-5-14)18-12-31-22(25-18)26-19(27)13(2)30-20(28)16-8-10-17(11-9-16)24-21(23)29/h4-13H,3H2,1-2H3,(H3,23,24,29)(H,25,26,27)/t13-/m1/s1. The Bertz CT molecular complexity index is 1080. The predicted molar refractivity (Wildman–Crippen MR) is 120 cm³/mol. The number of primary amides is 1. The highest BCUT2D eigenvalue weighted by Crippen LogP contribution is 2.25. The van der Waals surface area contributed by atoms with Gasteiger partial charge in [-0.15, -0.1) is 11.3 Å². The van der Waals surface area contributed by atoms with E-state index in [0.717, 1.165) is 17.7 Å². The number of ether oxygens (including phenoxy) is 1. The average molecular weight is 439 g/mol. The zero-order valence-electron chi connectivity index (χ0n) is 17.0. The number of aryl methyl sites for hydroxylation is 1. The molecule has 8 nitrogen and oxygen atoms in total. The number of benzene rings is 2. The molecular formula is C22H22N4O4S. The van der Waals surface area contributed by atoms with Crippen LogP contribution in [0.3, 0.4) is 0 Å². The SMILES string of the molecule is CCc1ccc(-c2csc(NC(=O)[C@@H](C)OC(=O)c3ccc(NC(N)=O)cc3)n2)cc1. The molecular weight excluding hydrogens is 416 g/mol. The van der Waals surface area contributed by atoms with E-state index in [-0.39, 0.29) is 5.56 Å². The number of esters is 1. The van der Waals surface area contributed by atoms with E-state index >= 15 is 0 Å². The van der Waals surface area contributed by atoms with Crippen LogP contribution in [0.25, 0.3) is 11.3 Å². The van der Waals surface area contributed by atoms with Gasteiger partial charge in [-0.2, -0.15) is 0 Å². The van der Waals surface area contributed by atoms with Crippen molar-refractivity contribution in [1.82, 2.24) is 4.98 Å². The van der Waals surface area contributed by atoms with E-state index in [4.69, 9.17) is 10.5 Å². The molecule has 0 bridgehead atoms. The summed E-state index contributed by atoms with van der Waals surface area (Å²) in [6.07, 6.45) is -0.0592. The molecule has 31 heavy (non-hydrogen) atoms. The van der Waals surface area contributed by atoms with Gasteiger partial charge in [0.05, 0.1) is 11.3 Å². The average Bonchev–Trinajstić information content (AvgIpc) is 3.22. The lowest BCUT2D eigenvalue weighted by Gasteiger charge is -2.12. The molecule has 3 rings (SSSR count). The predicted octanol–water partition coefficient (Wildman–Crippen LogP) is 4.05. The highest BCUT2D eigenvalue weighted by atomic mass is 32.1. The van der Waals surface area contributed by atoms with Gasteiger partial charge in [0.15, 0.2) is 11.2 Å². The van der Waals surface area contributed by atoms with Gasteiger partial charge in [0, 0.05) is 16.6 Å². The monoisotopic (exact) mass is 438 g/mol. The van der Waals surface area contributed by atoms with Crippen molar-refractivity contribution in [1.29, 1.82) is 0 Å². The lowest BCUT2D eigenvalue weighted by Crippen LogP contribution is -2.30. The number of amides is 3. The summed E-state index contributed by atoms with van der Waals surface area (Å²) in [4.78, 5) is 39.9. The molecule has 9 heteroatoms. The molecule has 0 radical (unpaired) electrons. The maximum absolute atomic E-state index is 12.4. The highest BCUT2D eigenvalue weighted by Gasteiger charge is 2.20. The van der Waals surface area contributed by atoms with E-state index in [2.05, 4.69) is 22.5 Å². The van der Waals surface area contributed by atoms with Crippen molar-refractivity contribution in [2.24, 2.45) is 5.73 Å². The van der Waals surface area contributed by atoms with Crippen molar-refractivity contribution >= 4 is 40.1 Å². The summed E-state index contributed by atoms with van der Waals surface area (Å²) in [6, 6.07) is 13.3. The Morgan fingerprint density at radius 2 is 1.74 bits per heavy atom. The van der Waals surface area contributed by atoms with Crippen LogP contribution in [0.4, 0.5) is 15.6 Å². The molecule has 160 valence electrons. The van der Waals surface area contributed by atoms with E-state index in [1.54, 1.807) is 0 Å². The molecule has 0 fully saturated rings. The van der Waals surface area contributed by atoms with Crippen molar-refractivity contribution in [3.63, 3.8) is 0 Å². The first-order chi connectivity index (χ1) is 14.9. The summed E-state index contributed by atoms with van der Waals surface area (Å²) in [5.74, 6) is -1.15. The van der Waals surface area contributed by atoms with Crippen LogP contribution in [0, 0.1) is 0 Å². The molecule has 1 heterocycles. The number of aromatic nitrogens is 1. The third kappa shape index (κ3) is 5.89. The fraction of sp³-hybridized carbons (Fsp3) is 0.182. The number of anilines is 2. The number of rotatable bonds is 7. The number of hydrogen-bond donors (Lipinski definition) is 3. The number of nitrogens with one attached hydrogen (secondary N) is 2. The minimum Gasteiger partial charge on any atom is -0.449 e. The molecule has 4 N–H and O–H groups in total. The Hall–Kier alpha value is -3.72. The first-order valence-corrected chi connectivity index (χ1v) is 10.5. The largest absolute Gasteiger partial charge is 0.449 e. The number of urea groups is 1. The van der Waals surface area contributed by atoms with Crippen LogP contribution >= 0.6 is 11.3 Å². The molecule has 3 aromatic rings. The maximum atomic E-state index is 12.4. The number of carbonyl (C=O) groups excluding carboxylic acids is 3. The Balaban J connectivity index is 1.57. The second kappa shape index (κ2) is 9.86. The van der Waals surface area contributed by atoms with E-state index < -0.39 is 24.0 Å². The third-order valence-electron chi connectivity index (χ3n) is 4.43. The Morgan fingerprint density at radius 3 is 2.35 bits per heavy atom. The van der Waals surface area contributed by atoms with Gasteiger partial charge < -0.3 is 15.8 Å². The molecule has 0 aliphatic rings. The van der Waals surface area contributed by atoms with Gasteiger partial charge >= 0.3 is 12.0 Å². The van der Waals surface area contributed by atoms with Crippen LogP contribution in [0.2, 0.25) is 0 Å². The Labute approximate surface area is 183 Å². The Morgan fingerprint density at radius 1 is 1.06 bits per heavy atom. The molecule has 1 aromatic heterocycles. The van der Waals surface area contributed by atoms with Gasteiger partial charge in [0.1, 0.15) is 0 Å². The van der Waals surface area contributed by atoms with Crippen molar-refractivity contribution in [3.05, 3.63) is 65.0 Å². The number of thiazole rings is 1. The summed E-state index contributed by atoms with van der Waals surface area (Å²) in [5.41, 5.74) is 8.68. The molecule has 0 aliphatic carbocycles. The smallest absolute Gasteiger partial charge is 0.338 e. The molecule has 2 aromatic carbocycles. The maximum Gasteiger partial charge on any atom is 0.338 e. The van der Waals surface area contributed by atoms with E-state index in [9.17, 15) is 14.4 Å². The lowest BCUT2D eigenvalue weighted by atomic mass is 10.1. The van der Waals surface area contributed by atoms with Crippen molar-refractivity contribution in [2.75, 3.05) is 10.6 Å². The molecule has 0 spiro atoms. The summed E-state index contributed by atoms with van der Waals surface area (Å²) < 4.78 is 5.22. The van der Waals surface area contributed by atoms with Crippen LogP contribution in [-0.2, 0) is 16.0 Å². The van der Waals surface area contributed by atoms with Gasteiger partial charge in [0.2, 0.25) is 0 Å². The Kier molecular flexibility index (Phi) is 6.99. The highest BCUT2D eigenvalue weighted by molar-refractivity contribution is 7.14.